The zero-order valence-corrected chi connectivity index (χ0v) is 25.5. The second-order valence-electron chi connectivity index (χ2n) is 11.6. The van der Waals surface area contributed by atoms with E-state index in [1.54, 1.807) is 6.20 Å². The molecular formula is C36H44N2O5. The normalized spacial score (nSPS) is 16.6. The number of hydrogen-bond acceptors (Lipinski definition) is 7. The molecule has 5 rings (SSSR count). The fourth-order valence-electron chi connectivity index (χ4n) is 4.89. The van der Waals surface area contributed by atoms with E-state index in [0.717, 1.165) is 37.4 Å². The van der Waals surface area contributed by atoms with Crippen molar-refractivity contribution in [1.29, 1.82) is 0 Å². The van der Waals surface area contributed by atoms with Crippen LogP contribution in [0.5, 0.6) is 5.75 Å². The van der Waals surface area contributed by atoms with Gasteiger partial charge in [-0.05, 0) is 86.0 Å². The zero-order chi connectivity index (χ0) is 30.3. The van der Waals surface area contributed by atoms with Crippen LogP contribution in [-0.2, 0) is 32.2 Å². The minimum absolute atomic E-state index is 0.147. The number of aromatic nitrogens is 1. The molecule has 4 aromatic rings. The predicted molar refractivity (Wildman–Crippen MR) is 170 cm³/mol. The van der Waals surface area contributed by atoms with Gasteiger partial charge in [0.2, 0.25) is 0 Å². The smallest absolute Gasteiger partial charge is 0.293 e. The topological polar surface area (TPSA) is 78.9 Å². The Morgan fingerprint density at radius 2 is 1.70 bits per heavy atom. The Hall–Kier alpha value is -3.78. The van der Waals surface area contributed by atoms with Crippen molar-refractivity contribution in [1.82, 2.24) is 10.3 Å². The van der Waals surface area contributed by atoms with E-state index in [-0.39, 0.29) is 11.7 Å². The molecule has 1 aromatic heterocycles. The van der Waals surface area contributed by atoms with Crippen LogP contribution >= 0.6 is 0 Å². The van der Waals surface area contributed by atoms with Crippen molar-refractivity contribution in [3.63, 3.8) is 0 Å². The molecule has 1 saturated heterocycles. The summed E-state index contributed by atoms with van der Waals surface area (Å²) in [4.78, 5) is 13.9. The number of carbonyl (C=O) groups excluding carboxylic acids is 1. The molecule has 228 valence electrons. The first-order valence-corrected chi connectivity index (χ1v) is 15.0. The van der Waals surface area contributed by atoms with Gasteiger partial charge in [-0.15, -0.1) is 0 Å². The largest absolute Gasteiger partial charge is 0.494 e. The number of pyridine rings is 1. The number of carbonyl (C=O) groups is 1. The Bertz CT molecular complexity index is 1370. The monoisotopic (exact) mass is 584 g/mol. The zero-order valence-electron chi connectivity index (χ0n) is 25.5. The van der Waals surface area contributed by atoms with Crippen LogP contribution in [0.2, 0.25) is 0 Å². The lowest BCUT2D eigenvalue weighted by Gasteiger charge is -2.32. The Morgan fingerprint density at radius 1 is 0.907 bits per heavy atom. The molecule has 2 heterocycles. The molecule has 1 fully saturated rings. The van der Waals surface area contributed by atoms with Crippen LogP contribution in [0.25, 0.3) is 10.8 Å². The highest BCUT2D eigenvalue weighted by molar-refractivity contribution is 5.82. The SMILES string of the molecule is CC(C)(C)OC=O.c1ccc(COCCCOc2ccc(C3CCNCC3OCc3ccc4ccccc4c3)cc2)nc1. The Kier molecular flexibility index (Phi) is 12.5. The van der Waals surface area contributed by atoms with Crippen LogP contribution in [0.4, 0.5) is 0 Å². The molecule has 0 amide bonds. The van der Waals surface area contributed by atoms with Gasteiger partial charge in [0.25, 0.3) is 6.47 Å². The van der Waals surface area contributed by atoms with E-state index < -0.39 is 0 Å². The van der Waals surface area contributed by atoms with E-state index in [0.29, 0.717) is 38.8 Å². The molecule has 0 saturated carbocycles. The maximum absolute atomic E-state index is 9.60. The molecule has 0 spiro atoms. The van der Waals surface area contributed by atoms with Crippen LogP contribution in [0.1, 0.15) is 56.4 Å². The van der Waals surface area contributed by atoms with E-state index in [2.05, 4.69) is 81.8 Å². The van der Waals surface area contributed by atoms with Crippen molar-refractivity contribution >= 4 is 17.2 Å². The maximum Gasteiger partial charge on any atom is 0.293 e. The molecule has 0 radical (unpaired) electrons. The fraction of sp³-hybridized carbons (Fsp3) is 0.389. The van der Waals surface area contributed by atoms with Crippen molar-refractivity contribution in [2.75, 3.05) is 26.3 Å². The van der Waals surface area contributed by atoms with Crippen molar-refractivity contribution in [3.05, 3.63) is 108 Å². The number of hydrogen-bond donors (Lipinski definition) is 1. The van der Waals surface area contributed by atoms with Crippen LogP contribution in [0, 0.1) is 0 Å². The molecule has 43 heavy (non-hydrogen) atoms. The summed E-state index contributed by atoms with van der Waals surface area (Å²) in [6, 6.07) is 29.4. The number of fused-ring (bicyclic) bond motifs is 1. The van der Waals surface area contributed by atoms with E-state index in [1.807, 2.05) is 39.0 Å². The summed E-state index contributed by atoms with van der Waals surface area (Å²) in [5.74, 6) is 1.27. The number of rotatable bonds is 12. The molecule has 1 aliphatic rings. The van der Waals surface area contributed by atoms with Crippen LogP contribution in [0.3, 0.4) is 0 Å². The van der Waals surface area contributed by atoms with Crippen molar-refractivity contribution in [2.24, 2.45) is 0 Å². The van der Waals surface area contributed by atoms with Gasteiger partial charge in [0, 0.05) is 25.1 Å². The van der Waals surface area contributed by atoms with Gasteiger partial charge in [0.05, 0.1) is 38.2 Å². The molecule has 0 aliphatic carbocycles. The summed E-state index contributed by atoms with van der Waals surface area (Å²) >= 11 is 0. The van der Waals surface area contributed by atoms with Crippen molar-refractivity contribution in [3.8, 4) is 5.75 Å². The summed E-state index contributed by atoms with van der Waals surface area (Å²) in [6.45, 7) is 10.2. The number of benzene rings is 3. The second-order valence-corrected chi connectivity index (χ2v) is 11.6. The Balaban J connectivity index is 0.000000541. The van der Waals surface area contributed by atoms with Crippen LogP contribution in [0.15, 0.2) is 91.1 Å². The van der Waals surface area contributed by atoms with Gasteiger partial charge in [-0.3, -0.25) is 9.78 Å². The predicted octanol–water partition coefficient (Wildman–Crippen LogP) is 6.84. The highest BCUT2D eigenvalue weighted by atomic mass is 16.5. The average Bonchev–Trinajstić information content (AvgIpc) is 3.02. The molecule has 0 bridgehead atoms. The van der Waals surface area contributed by atoms with Gasteiger partial charge < -0.3 is 24.3 Å². The summed E-state index contributed by atoms with van der Waals surface area (Å²) < 4.78 is 22.6. The van der Waals surface area contributed by atoms with Gasteiger partial charge in [0.15, 0.2) is 0 Å². The average molecular weight is 585 g/mol. The molecule has 7 nitrogen and oxygen atoms in total. The quantitative estimate of drug-likeness (QED) is 0.144. The summed E-state index contributed by atoms with van der Waals surface area (Å²) in [7, 11) is 0. The summed E-state index contributed by atoms with van der Waals surface area (Å²) in [6.07, 6.45) is 3.84. The highest BCUT2D eigenvalue weighted by Crippen LogP contribution is 2.30. The minimum atomic E-state index is -0.318. The summed E-state index contributed by atoms with van der Waals surface area (Å²) in [5, 5.41) is 6.02. The third kappa shape index (κ3) is 11.1. The first-order valence-electron chi connectivity index (χ1n) is 15.0. The molecular weight excluding hydrogens is 540 g/mol. The number of piperidine rings is 1. The number of nitrogens with zero attached hydrogens (tertiary/aromatic N) is 1. The lowest BCUT2D eigenvalue weighted by atomic mass is 9.87. The molecule has 7 heteroatoms. The second kappa shape index (κ2) is 16.8. The lowest BCUT2D eigenvalue weighted by molar-refractivity contribution is -0.138. The summed E-state index contributed by atoms with van der Waals surface area (Å²) in [5.41, 5.74) is 3.16. The Morgan fingerprint density at radius 3 is 2.42 bits per heavy atom. The number of nitrogens with one attached hydrogen (secondary N) is 1. The first kappa shape index (κ1) is 32.1. The third-order valence-corrected chi connectivity index (χ3v) is 7.09. The van der Waals surface area contributed by atoms with E-state index >= 15 is 0 Å². The maximum atomic E-state index is 9.60. The van der Waals surface area contributed by atoms with Crippen molar-refractivity contribution < 1.29 is 23.7 Å². The molecule has 2 atom stereocenters. The van der Waals surface area contributed by atoms with Crippen LogP contribution in [-0.4, -0.2) is 49.5 Å². The highest BCUT2D eigenvalue weighted by Gasteiger charge is 2.27. The van der Waals surface area contributed by atoms with E-state index in [9.17, 15) is 4.79 Å². The first-order chi connectivity index (χ1) is 20.9. The molecule has 1 N–H and O–H groups in total. The van der Waals surface area contributed by atoms with Crippen LogP contribution < -0.4 is 10.1 Å². The lowest BCUT2D eigenvalue weighted by Crippen LogP contribution is -2.40. The van der Waals surface area contributed by atoms with Gasteiger partial charge in [-0.25, -0.2) is 0 Å². The van der Waals surface area contributed by atoms with Gasteiger partial charge in [-0.1, -0.05) is 54.6 Å². The molecule has 1 aliphatic heterocycles. The van der Waals surface area contributed by atoms with Crippen molar-refractivity contribution in [2.45, 2.75) is 64.4 Å². The van der Waals surface area contributed by atoms with Gasteiger partial charge in [-0.2, -0.15) is 0 Å². The standard InChI is InChI=1S/C31H34N2O3.C5H10O2/c1-2-7-27-20-24(9-10-25(27)6-1)22-36-31-21-32-17-15-30(31)26-11-13-29(14-12-26)35-19-5-18-34-23-28-8-3-4-16-33-28;1-5(2,3)7-4-6/h1-4,6-14,16,20,30-32H,5,15,17-19,21-23H2;4H,1-3H3. The van der Waals surface area contributed by atoms with E-state index in [4.69, 9.17) is 14.2 Å². The number of ether oxygens (including phenoxy) is 4. The molecule has 3 aromatic carbocycles. The minimum Gasteiger partial charge on any atom is -0.494 e. The molecule has 2 unspecified atom stereocenters. The van der Waals surface area contributed by atoms with E-state index in [1.165, 1.54) is 21.9 Å². The Labute approximate surface area is 255 Å². The van der Waals surface area contributed by atoms with Gasteiger partial charge >= 0.3 is 0 Å². The van der Waals surface area contributed by atoms with Gasteiger partial charge in [0.1, 0.15) is 11.4 Å². The fourth-order valence-corrected chi connectivity index (χ4v) is 4.89. The third-order valence-electron chi connectivity index (χ3n) is 7.09.